The van der Waals surface area contributed by atoms with Crippen LogP contribution in [0, 0.1) is 0 Å². The molecule has 1 aliphatic carbocycles. The Labute approximate surface area is 424 Å². The van der Waals surface area contributed by atoms with E-state index >= 15 is 0 Å². The Morgan fingerprint density at radius 1 is 0.347 bits per heavy atom. The fraction of sp³-hybridized carbons (Fsp3) is 0.0435. The van der Waals surface area contributed by atoms with E-state index < -0.39 is 0 Å². The van der Waals surface area contributed by atoms with E-state index in [4.69, 9.17) is 0 Å². The molecule has 11 aromatic carbocycles. The van der Waals surface area contributed by atoms with Crippen molar-refractivity contribution in [3.8, 4) is 61.3 Å². The minimum absolute atomic E-state index is 0.198. The average Bonchev–Trinajstić information content (AvgIpc) is 4.07. The molecule has 0 N–H and O–H groups in total. The average molecular weight is 937 g/mol. The molecule has 72 heavy (non-hydrogen) atoms. The maximum Gasteiger partial charge on any atom is 0.0547 e. The molecule has 340 valence electrons. The minimum Gasteiger partial charge on any atom is -0.310 e. The fourth-order valence-electron chi connectivity index (χ4n) is 11.8. The zero-order valence-corrected chi connectivity index (χ0v) is 40.9. The highest BCUT2D eigenvalue weighted by Crippen LogP contribution is 2.53. The van der Waals surface area contributed by atoms with Crippen molar-refractivity contribution in [3.63, 3.8) is 0 Å². The summed E-state index contributed by atoms with van der Waals surface area (Å²) in [4.78, 5) is 2.44. The third kappa shape index (κ3) is 6.69. The van der Waals surface area contributed by atoms with Gasteiger partial charge < -0.3 is 9.47 Å². The van der Waals surface area contributed by atoms with Gasteiger partial charge in [-0.05, 0) is 140 Å². The molecular formula is C69H48N2S. The van der Waals surface area contributed by atoms with Crippen molar-refractivity contribution in [2.45, 2.75) is 19.3 Å². The van der Waals surface area contributed by atoms with Crippen molar-refractivity contribution < 1.29 is 0 Å². The van der Waals surface area contributed by atoms with Crippen LogP contribution in [0.5, 0.6) is 0 Å². The first kappa shape index (κ1) is 42.1. The number of anilines is 3. The molecule has 0 radical (unpaired) electrons. The maximum absolute atomic E-state index is 2.47. The Hall–Kier alpha value is -8.76. The molecule has 3 heteroatoms. The number of rotatable bonds is 8. The van der Waals surface area contributed by atoms with Crippen molar-refractivity contribution in [2.24, 2.45) is 0 Å². The van der Waals surface area contributed by atoms with Crippen LogP contribution in [-0.4, -0.2) is 4.57 Å². The Bertz CT molecular complexity index is 4230. The maximum atomic E-state index is 2.47. The van der Waals surface area contributed by atoms with Crippen LogP contribution in [0.3, 0.4) is 0 Å². The normalized spacial score (nSPS) is 12.7. The van der Waals surface area contributed by atoms with Gasteiger partial charge in [-0.2, -0.15) is 0 Å². The number of fused-ring (bicyclic) bond motifs is 9. The molecule has 0 saturated carbocycles. The second-order valence-corrected chi connectivity index (χ2v) is 20.7. The first-order valence-corrected chi connectivity index (χ1v) is 25.7. The quantitative estimate of drug-likeness (QED) is 0.147. The van der Waals surface area contributed by atoms with Crippen molar-refractivity contribution >= 4 is 70.4 Å². The van der Waals surface area contributed by atoms with Gasteiger partial charge in [-0.1, -0.05) is 190 Å². The van der Waals surface area contributed by atoms with Crippen molar-refractivity contribution in [3.05, 3.63) is 266 Å². The van der Waals surface area contributed by atoms with Gasteiger partial charge in [-0.25, -0.2) is 0 Å². The summed E-state index contributed by atoms with van der Waals surface area (Å²) in [6.45, 7) is 4.78. The minimum atomic E-state index is -0.198. The first-order chi connectivity index (χ1) is 35.5. The van der Waals surface area contributed by atoms with Gasteiger partial charge in [0.2, 0.25) is 0 Å². The summed E-state index contributed by atoms with van der Waals surface area (Å²) >= 11 is 1.87. The van der Waals surface area contributed by atoms with E-state index in [1.165, 1.54) is 114 Å². The van der Waals surface area contributed by atoms with Crippen LogP contribution >= 0.6 is 11.3 Å². The van der Waals surface area contributed by atoms with Crippen LogP contribution in [0.1, 0.15) is 25.0 Å². The number of nitrogens with zero attached hydrogens (tertiary/aromatic N) is 2. The van der Waals surface area contributed by atoms with Crippen LogP contribution in [0.2, 0.25) is 0 Å². The monoisotopic (exact) mass is 936 g/mol. The SMILES string of the molecule is CC1(C)c2ccc(-c3ccccc3N(c3ccc(-c4cccc5sc6ccccc6c45)cc3)c3cccc(-c4ccccc4)c3)cc2-c2ccc(-c3cccc4c3c3ccccc3n4-c3ccccc3)cc21. The molecule has 13 aromatic rings. The van der Waals surface area contributed by atoms with E-state index in [9.17, 15) is 0 Å². The molecule has 0 amide bonds. The molecule has 0 spiro atoms. The Morgan fingerprint density at radius 2 is 0.958 bits per heavy atom. The summed E-state index contributed by atoms with van der Waals surface area (Å²) in [7, 11) is 0. The van der Waals surface area contributed by atoms with E-state index in [0.29, 0.717) is 0 Å². The predicted molar refractivity (Wildman–Crippen MR) is 308 cm³/mol. The van der Waals surface area contributed by atoms with Crippen molar-refractivity contribution in [1.82, 2.24) is 4.57 Å². The van der Waals surface area contributed by atoms with Crippen LogP contribution in [0.4, 0.5) is 17.1 Å². The Balaban J connectivity index is 0.888. The highest BCUT2D eigenvalue weighted by molar-refractivity contribution is 7.25. The number of benzene rings is 11. The standard InChI is InChI=1S/C69H48N2S/c1-69(2)60-41-37-48(43-59(60)56-40-36-49(44-61(56)69)55-27-16-31-64-67(55)57-25-10-13-30-63(57)71(64)50-21-7-4-8-22-50)53-24-9-12-29-62(53)70(52-23-15-20-47(42-52)45-18-5-3-6-19-45)51-38-34-46(35-39-51)54-28-17-33-66-68(54)58-26-11-14-32-65(58)72-66/h3-44H,1-2H3. The summed E-state index contributed by atoms with van der Waals surface area (Å²) < 4.78 is 5.04. The first-order valence-electron chi connectivity index (χ1n) is 24.9. The molecule has 0 bridgehead atoms. The van der Waals surface area contributed by atoms with E-state index in [1.54, 1.807) is 0 Å². The molecular weight excluding hydrogens is 889 g/mol. The lowest BCUT2D eigenvalue weighted by Gasteiger charge is -2.29. The van der Waals surface area contributed by atoms with Crippen molar-refractivity contribution in [1.29, 1.82) is 0 Å². The summed E-state index contributed by atoms with van der Waals surface area (Å²) in [5, 5.41) is 5.18. The highest BCUT2D eigenvalue weighted by atomic mass is 32.1. The smallest absolute Gasteiger partial charge is 0.0547 e. The predicted octanol–water partition coefficient (Wildman–Crippen LogP) is 19.6. The van der Waals surface area contributed by atoms with Gasteiger partial charge in [-0.15, -0.1) is 11.3 Å². The van der Waals surface area contributed by atoms with Gasteiger partial charge in [0.15, 0.2) is 0 Å². The molecule has 1 aliphatic rings. The third-order valence-corrected chi connectivity index (χ3v) is 16.3. The third-order valence-electron chi connectivity index (χ3n) is 15.2. The lowest BCUT2D eigenvalue weighted by Crippen LogP contribution is -2.15. The van der Waals surface area contributed by atoms with Crippen LogP contribution in [0.15, 0.2) is 255 Å². The second-order valence-electron chi connectivity index (χ2n) is 19.6. The van der Waals surface area contributed by atoms with E-state index in [2.05, 4.69) is 278 Å². The van der Waals surface area contributed by atoms with Gasteiger partial charge in [0.1, 0.15) is 0 Å². The van der Waals surface area contributed by atoms with Gasteiger partial charge in [0.05, 0.1) is 16.7 Å². The van der Waals surface area contributed by atoms with Gasteiger partial charge in [-0.3, -0.25) is 0 Å². The molecule has 14 rings (SSSR count). The number of hydrogen-bond acceptors (Lipinski definition) is 2. The zero-order valence-electron chi connectivity index (χ0n) is 40.1. The zero-order chi connectivity index (χ0) is 47.9. The molecule has 0 fully saturated rings. The summed E-state index contributed by atoms with van der Waals surface area (Å²) in [5.41, 5.74) is 21.7. The highest BCUT2D eigenvalue weighted by Gasteiger charge is 2.36. The molecule has 0 unspecified atom stereocenters. The van der Waals surface area contributed by atoms with Crippen LogP contribution in [-0.2, 0) is 5.41 Å². The van der Waals surface area contributed by atoms with Gasteiger partial charge in [0, 0.05) is 59.0 Å². The van der Waals surface area contributed by atoms with Gasteiger partial charge in [0.25, 0.3) is 0 Å². The van der Waals surface area contributed by atoms with E-state index in [-0.39, 0.29) is 5.41 Å². The Morgan fingerprint density at radius 3 is 1.81 bits per heavy atom. The van der Waals surface area contributed by atoms with E-state index in [0.717, 1.165) is 17.1 Å². The topological polar surface area (TPSA) is 8.17 Å². The summed E-state index contributed by atoms with van der Waals surface area (Å²) in [6.07, 6.45) is 0. The molecule has 2 heterocycles. The van der Waals surface area contributed by atoms with Crippen molar-refractivity contribution in [2.75, 3.05) is 4.90 Å². The fourth-order valence-corrected chi connectivity index (χ4v) is 12.9. The van der Waals surface area contributed by atoms with Gasteiger partial charge >= 0.3 is 0 Å². The largest absolute Gasteiger partial charge is 0.310 e. The Kier molecular flexibility index (Phi) is 9.77. The molecule has 2 nitrogen and oxygen atoms in total. The molecule has 0 atom stereocenters. The number of para-hydroxylation sites is 3. The van der Waals surface area contributed by atoms with Crippen LogP contribution < -0.4 is 4.90 Å². The lowest BCUT2D eigenvalue weighted by atomic mass is 9.81. The molecule has 0 aliphatic heterocycles. The number of thiophene rings is 1. The number of hydrogen-bond donors (Lipinski definition) is 0. The molecule has 0 saturated heterocycles. The summed E-state index contributed by atoms with van der Waals surface area (Å²) in [5.74, 6) is 0. The van der Waals surface area contributed by atoms with Crippen LogP contribution in [0.25, 0.3) is 103 Å². The molecule has 2 aromatic heterocycles. The second kappa shape index (κ2) is 16.7. The van der Waals surface area contributed by atoms with E-state index in [1.807, 2.05) is 11.3 Å². The summed E-state index contributed by atoms with van der Waals surface area (Å²) in [6, 6.07) is 94.0. The lowest BCUT2D eigenvalue weighted by molar-refractivity contribution is 0.660. The number of aromatic nitrogens is 1.